The second-order valence-electron chi connectivity index (χ2n) is 10.2. The molecule has 3 aromatic rings. The Kier molecular flexibility index (Phi) is 16.4. The van der Waals surface area contributed by atoms with Gasteiger partial charge in [0.1, 0.15) is 0 Å². The third-order valence-corrected chi connectivity index (χ3v) is 6.58. The van der Waals surface area contributed by atoms with Crippen LogP contribution in [-0.4, -0.2) is 66.9 Å². The van der Waals surface area contributed by atoms with Crippen LogP contribution in [0.1, 0.15) is 66.9 Å². The molecule has 0 saturated carbocycles. The van der Waals surface area contributed by atoms with Gasteiger partial charge in [0, 0.05) is 38.3 Å². The zero-order valence-electron chi connectivity index (χ0n) is 25.4. The van der Waals surface area contributed by atoms with E-state index in [0.29, 0.717) is 76.0 Å². The molecular formula is C32H48N8O3. The SMILES string of the molecule is CCCCCCCCNc1nc(NCc2ccccc2)nc(NCc2ccc(C(=O)NCCOCCOCCN)cc2)n1. The fourth-order valence-corrected chi connectivity index (χ4v) is 4.19. The summed E-state index contributed by atoms with van der Waals surface area (Å²) in [4.78, 5) is 26.2. The van der Waals surface area contributed by atoms with Crippen molar-refractivity contribution < 1.29 is 14.3 Å². The molecule has 0 atom stereocenters. The molecule has 234 valence electrons. The summed E-state index contributed by atoms with van der Waals surface area (Å²) < 4.78 is 10.7. The van der Waals surface area contributed by atoms with Gasteiger partial charge in [-0.05, 0) is 29.7 Å². The lowest BCUT2D eigenvalue weighted by Crippen LogP contribution is -2.27. The Morgan fingerprint density at radius 3 is 1.91 bits per heavy atom. The topological polar surface area (TPSA) is 148 Å². The molecule has 1 heterocycles. The Morgan fingerprint density at radius 1 is 0.674 bits per heavy atom. The van der Waals surface area contributed by atoms with Crippen molar-refractivity contribution in [2.24, 2.45) is 5.73 Å². The summed E-state index contributed by atoms with van der Waals surface area (Å²) in [5.41, 5.74) is 8.10. The van der Waals surface area contributed by atoms with Gasteiger partial charge < -0.3 is 36.5 Å². The highest BCUT2D eigenvalue weighted by atomic mass is 16.5. The van der Waals surface area contributed by atoms with Gasteiger partial charge in [-0.1, -0.05) is 81.5 Å². The zero-order chi connectivity index (χ0) is 30.4. The summed E-state index contributed by atoms with van der Waals surface area (Å²) >= 11 is 0. The minimum atomic E-state index is -0.143. The monoisotopic (exact) mass is 592 g/mol. The number of rotatable bonds is 23. The van der Waals surface area contributed by atoms with Gasteiger partial charge in [-0.2, -0.15) is 15.0 Å². The maximum Gasteiger partial charge on any atom is 0.251 e. The summed E-state index contributed by atoms with van der Waals surface area (Å²) in [6.45, 7) is 6.98. The number of aromatic nitrogens is 3. The van der Waals surface area contributed by atoms with Crippen molar-refractivity contribution in [3.63, 3.8) is 0 Å². The number of benzene rings is 2. The number of anilines is 3. The fourth-order valence-electron chi connectivity index (χ4n) is 4.19. The molecule has 3 rings (SSSR count). The highest BCUT2D eigenvalue weighted by molar-refractivity contribution is 5.94. The number of nitrogens with two attached hydrogens (primary N) is 1. The average molecular weight is 593 g/mol. The molecule has 0 spiro atoms. The average Bonchev–Trinajstić information content (AvgIpc) is 3.04. The number of carbonyl (C=O) groups excluding carboxylic acids is 1. The lowest BCUT2D eigenvalue weighted by atomic mass is 10.1. The summed E-state index contributed by atoms with van der Waals surface area (Å²) in [6.07, 6.45) is 7.35. The number of carbonyl (C=O) groups is 1. The highest BCUT2D eigenvalue weighted by Gasteiger charge is 2.09. The van der Waals surface area contributed by atoms with Gasteiger partial charge in [-0.25, -0.2) is 0 Å². The Balaban J connectivity index is 1.49. The number of unbranched alkanes of at least 4 members (excludes halogenated alkanes) is 5. The van der Waals surface area contributed by atoms with E-state index in [-0.39, 0.29) is 5.91 Å². The first-order valence-corrected chi connectivity index (χ1v) is 15.4. The third-order valence-electron chi connectivity index (χ3n) is 6.58. The van der Waals surface area contributed by atoms with Crippen LogP contribution in [0.4, 0.5) is 17.8 Å². The lowest BCUT2D eigenvalue weighted by Gasteiger charge is -2.12. The summed E-state index contributed by atoms with van der Waals surface area (Å²) in [6, 6.07) is 17.6. The first kappa shape index (κ1) is 33.7. The molecule has 0 aliphatic heterocycles. The van der Waals surface area contributed by atoms with Crippen molar-refractivity contribution >= 4 is 23.8 Å². The Morgan fingerprint density at radius 2 is 1.26 bits per heavy atom. The van der Waals surface area contributed by atoms with Gasteiger partial charge in [0.2, 0.25) is 17.8 Å². The molecule has 0 aliphatic carbocycles. The fraction of sp³-hybridized carbons (Fsp3) is 0.500. The van der Waals surface area contributed by atoms with E-state index < -0.39 is 0 Å². The first-order chi connectivity index (χ1) is 21.2. The smallest absolute Gasteiger partial charge is 0.251 e. The van der Waals surface area contributed by atoms with Gasteiger partial charge in [-0.3, -0.25) is 4.79 Å². The summed E-state index contributed by atoms with van der Waals surface area (Å²) in [5.74, 6) is 1.38. The second-order valence-corrected chi connectivity index (χ2v) is 10.2. The normalized spacial score (nSPS) is 10.8. The van der Waals surface area contributed by atoms with Gasteiger partial charge in [0.25, 0.3) is 5.91 Å². The van der Waals surface area contributed by atoms with Crippen LogP contribution >= 0.6 is 0 Å². The molecular weight excluding hydrogens is 544 g/mol. The molecule has 11 heteroatoms. The van der Waals surface area contributed by atoms with Crippen molar-refractivity contribution in [1.29, 1.82) is 0 Å². The van der Waals surface area contributed by atoms with E-state index in [0.717, 1.165) is 24.1 Å². The minimum Gasteiger partial charge on any atom is -0.378 e. The Hall–Kier alpha value is -3.80. The minimum absolute atomic E-state index is 0.143. The molecule has 1 aromatic heterocycles. The summed E-state index contributed by atoms with van der Waals surface area (Å²) in [5, 5.41) is 12.8. The van der Waals surface area contributed by atoms with Crippen molar-refractivity contribution in [2.45, 2.75) is 58.5 Å². The van der Waals surface area contributed by atoms with Crippen molar-refractivity contribution in [3.8, 4) is 0 Å². The molecule has 0 radical (unpaired) electrons. The largest absolute Gasteiger partial charge is 0.378 e. The Labute approximate surface area is 255 Å². The maximum atomic E-state index is 12.5. The lowest BCUT2D eigenvalue weighted by molar-refractivity contribution is 0.0511. The number of nitrogens with zero attached hydrogens (tertiary/aromatic N) is 3. The molecule has 11 nitrogen and oxygen atoms in total. The van der Waals surface area contributed by atoms with Crippen LogP contribution in [0.3, 0.4) is 0 Å². The molecule has 0 bridgehead atoms. The van der Waals surface area contributed by atoms with Crippen LogP contribution in [-0.2, 0) is 22.6 Å². The van der Waals surface area contributed by atoms with Crippen LogP contribution in [0, 0.1) is 0 Å². The van der Waals surface area contributed by atoms with Crippen LogP contribution in [0.2, 0.25) is 0 Å². The van der Waals surface area contributed by atoms with E-state index in [1.807, 2.05) is 42.5 Å². The van der Waals surface area contributed by atoms with E-state index in [9.17, 15) is 4.79 Å². The molecule has 0 aliphatic rings. The maximum absolute atomic E-state index is 12.5. The van der Waals surface area contributed by atoms with Gasteiger partial charge in [0.15, 0.2) is 0 Å². The summed E-state index contributed by atoms with van der Waals surface area (Å²) in [7, 11) is 0. The predicted octanol–water partition coefficient (Wildman–Crippen LogP) is 4.59. The van der Waals surface area contributed by atoms with Crippen molar-refractivity contribution in [2.75, 3.05) is 62.0 Å². The van der Waals surface area contributed by atoms with Crippen molar-refractivity contribution in [3.05, 3.63) is 71.3 Å². The van der Waals surface area contributed by atoms with Crippen LogP contribution < -0.4 is 27.0 Å². The van der Waals surface area contributed by atoms with Crippen molar-refractivity contribution in [1.82, 2.24) is 20.3 Å². The van der Waals surface area contributed by atoms with E-state index >= 15 is 0 Å². The number of amides is 1. The molecule has 0 fully saturated rings. The molecule has 0 unspecified atom stereocenters. The van der Waals surface area contributed by atoms with Crippen LogP contribution in [0.15, 0.2) is 54.6 Å². The van der Waals surface area contributed by atoms with Crippen LogP contribution in [0.25, 0.3) is 0 Å². The van der Waals surface area contributed by atoms with Gasteiger partial charge in [0.05, 0.1) is 26.4 Å². The molecule has 0 saturated heterocycles. The number of hydrogen-bond donors (Lipinski definition) is 5. The second kappa shape index (κ2) is 21.0. The third kappa shape index (κ3) is 14.3. The molecule has 1 amide bonds. The highest BCUT2D eigenvalue weighted by Crippen LogP contribution is 2.14. The van der Waals surface area contributed by atoms with E-state index in [2.05, 4.69) is 55.3 Å². The predicted molar refractivity (Wildman–Crippen MR) is 172 cm³/mol. The number of ether oxygens (including phenoxy) is 2. The standard InChI is InChI=1S/C32H48N8O3/c1-2-3-4-5-6-10-18-35-30-38-31(36-24-26-11-8-7-9-12-26)40-32(39-30)37-25-27-13-15-28(16-14-27)29(41)34-19-21-43-23-22-42-20-17-33/h7-9,11-16H,2-6,10,17-25,33H2,1H3,(H,34,41)(H3,35,36,37,38,39,40). The van der Waals surface area contributed by atoms with Crippen LogP contribution in [0.5, 0.6) is 0 Å². The van der Waals surface area contributed by atoms with Gasteiger partial charge >= 0.3 is 0 Å². The zero-order valence-corrected chi connectivity index (χ0v) is 25.4. The number of hydrogen-bond acceptors (Lipinski definition) is 10. The molecule has 6 N–H and O–H groups in total. The number of nitrogens with one attached hydrogen (secondary N) is 4. The molecule has 2 aromatic carbocycles. The van der Waals surface area contributed by atoms with E-state index in [1.54, 1.807) is 0 Å². The quantitative estimate of drug-likeness (QED) is 0.0990. The van der Waals surface area contributed by atoms with E-state index in [1.165, 1.54) is 32.1 Å². The van der Waals surface area contributed by atoms with Gasteiger partial charge in [-0.15, -0.1) is 0 Å². The first-order valence-electron chi connectivity index (χ1n) is 15.4. The van der Waals surface area contributed by atoms with E-state index in [4.69, 9.17) is 15.2 Å². The molecule has 43 heavy (non-hydrogen) atoms. The Bertz CT molecular complexity index is 1170.